The number of nitrogens with zero attached hydrogens (tertiary/aromatic N) is 5. The molecule has 0 unspecified atom stereocenters. The molecular weight excluding hydrogens is 342 g/mol. The molecule has 4 rings (SSSR count). The van der Waals surface area contributed by atoms with Crippen LogP contribution in [0.1, 0.15) is 40.4 Å². The molecule has 0 aliphatic carbocycles. The fraction of sp³-hybridized carbons (Fsp3) is 0.400. The van der Waals surface area contributed by atoms with Gasteiger partial charge < -0.3 is 14.4 Å². The van der Waals surface area contributed by atoms with Gasteiger partial charge in [-0.05, 0) is 25.5 Å². The van der Waals surface area contributed by atoms with Crippen LogP contribution in [0.5, 0.6) is 0 Å². The molecule has 140 valence electrons. The molecule has 0 saturated heterocycles. The lowest BCUT2D eigenvalue weighted by Crippen LogP contribution is -2.41. The molecule has 0 aromatic carbocycles. The molecule has 7 heteroatoms. The summed E-state index contributed by atoms with van der Waals surface area (Å²) in [5.41, 5.74) is 2.32. The van der Waals surface area contributed by atoms with Crippen molar-refractivity contribution < 1.29 is 9.59 Å². The highest BCUT2D eigenvalue weighted by Gasteiger charge is 2.31. The summed E-state index contributed by atoms with van der Waals surface area (Å²) < 4.78 is 2.06. The summed E-state index contributed by atoms with van der Waals surface area (Å²) in [6.45, 7) is 6.55. The van der Waals surface area contributed by atoms with Crippen LogP contribution in [-0.4, -0.2) is 55.8 Å². The Labute approximate surface area is 158 Å². The Bertz CT molecular complexity index is 909. The second-order valence-corrected chi connectivity index (χ2v) is 7.16. The summed E-state index contributed by atoms with van der Waals surface area (Å²) >= 11 is 0. The van der Waals surface area contributed by atoms with Crippen LogP contribution < -0.4 is 0 Å². The normalized spacial score (nSPS) is 18.7. The lowest BCUT2D eigenvalue weighted by Gasteiger charge is -2.33. The van der Waals surface area contributed by atoms with Crippen molar-refractivity contribution >= 4 is 11.8 Å². The zero-order chi connectivity index (χ0) is 19.0. The molecular formula is C20H23N5O2. The van der Waals surface area contributed by atoms with Crippen molar-refractivity contribution in [3.63, 3.8) is 0 Å². The molecule has 2 aromatic heterocycles. The minimum Gasteiger partial charge on any atom is -0.335 e. The topological polar surface area (TPSA) is 71.3 Å². The number of carbonyl (C=O) groups is 2. The van der Waals surface area contributed by atoms with Gasteiger partial charge in [-0.25, -0.2) is 4.98 Å². The highest BCUT2D eigenvalue weighted by molar-refractivity contribution is 5.94. The Morgan fingerprint density at radius 2 is 1.96 bits per heavy atom. The van der Waals surface area contributed by atoms with E-state index in [9.17, 15) is 9.59 Å². The molecule has 0 spiro atoms. The van der Waals surface area contributed by atoms with E-state index in [1.54, 1.807) is 12.4 Å². The molecule has 2 aliphatic rings. The van der Waals surface area contributed by atoms with Gasteiger partial charge in [0.25, 0.3) is 5.91 Å². The van der Waals surface area contributed by atoms with E-state index in [-0.39, 0.29) is 17.9 Å². The van der Waals surface area contributed by atoms with Gasteiger partial charge in [0.05, 0.1) is 23.7 Å². The van der Waals surface area contributed by atoms with Gasteiger partial charge in [0, 0.05) is 44.8 Å². The zero-order valence-electron chi connectivity index (χ0n) is 15.6. The second-order valence-electron chi connectivity index (χ2n) is 7.16. The van der Waals surface area contributed by atoms with Gasteiger partial charge >= 0.3 is 0 Å². The minimum absolute atomic E-state index is 0.0336. The molecule has 0 fully saturated rings. The summed E-state index contributed by atoms with van der Waals surface area (Å²) in [4.78, 5) is 37.7. The number of aryl methyl sites for hydroxylation is 1. The van der Waals surface area contributed by atoms with Crippen molar-refractivity contribution in [1.29, 1.82) is 0 Å². The molecule has 4 heterocycles. The van der Waals surface area contributed by atoms with E-state index < -0.39 is 0 Å². The van der Waals surface area contributed by atoms with Crippen LogP contribution in [0.2, 0.25) is 0 Å². The highest BCUT2D eigenvalue weighted by atomic mass is 16.2. The summed E-state index contributed by atoms with van der Waals surface area (Å²) in [6, 6.07) is 1.71. The zero-order valence-corrected chi connectivity index (χ0v) is 15.6. The van der Waals surface area contributed by atoms with Crippen LogP contribution in [0.15, 0.2) is 36.8 Å². The van der Waals surface area contributed by atoms with Crippen molar-refractivity contribution in [3.05, 3.63) is 59.5 Å². The number of carbonyl (C=O) groups excluding carboxylic acids is 2. The van der Waals surface area contributed by atoms with Gasteiger partial charge in [-0.2, -0.15) is 0 Å². The number of imidazole rings is 1. The monoisotopic (exact) mass is 365 g/mol. The molecule has 2 aromatic rings. The van der Waals surface area contributed by atoms with Gasteiger partial charge in [-0.3, -0.25) is 14.6 Å². The first-order valence-corrected chi connectivity index (χ1v) is 9.24. The van der Waals surface area contributed by atoms with E-state index >= 15 is 0 Å². The van der Waals surface area contributed by atoms with Crippen LogP contribution in [0, 0.1) is 6.92 Å². The van der Waals surface area contributed by atoms with Gasteiger partial charge in [-0.15, -0.1) is 0 Å². The van der Waals surface area contributed by atoms with Crippen molar-refractivity contribution in [3.8, 4) is 0 Å². The Hall–Kier alpha value is -2.96. The molecule has 0 N–H and O–H groups in total. The highest BCUT2D eigenvalue weighted by Crippen LogP contribution is 2.26. The van der Waals surface area contributed by atoms with Gasteiger partial charge in [0.15, 0.2) is 0 Å². The third kappa shape index (κ3) is 3.37. The van der Waals surface area contributed by atoms with E-state index in [1.807, 2.05) is 48.1 Å². The van der Waals surface area contributed by atoms with E-state index in [0.717, 1.165) is 17.1 Å². The van der Waals surface area contributed by atoms with E-state index in [0.29, 0.717) is 38.2 Å². The predicted octanol–water partition coefficient (Wildman–Crippen LogP) is 1.74. The lowest BCUT2D eigenvalue weighted by atomic mass is 10.1. The number of hydrogen-bond donors (Lipinski definition) is 0. The van der Waals surface area contributed by atoms with Crippen LogP contribution >= 0.6 is 0 Å². The van der Waals surface area contributed by atoms with Crippen molar-refractivity contribution in [2.45, 2.75) is 32.9 Å². The third-order valence-electron chi connectivity index (χ3n) is 5.17. The first-order chi connectivity index (χ1) is 13.0. The number of hydrogen-bond acceptors (Lipinski definition) is 4. The summed E-state index contributed by atoms with van der Waals surface area (Å²) in [7, 11) is 0. The number of pyridine rings is 1. The number of aromatic nitrogens is 3. The molecule has 0 saturated carbocycles. The predicted molar refractivity (Wildman–Crippen MR) is 100 cm³/mol. The van der Waals surface area contributed by atoms with Gasteiger partial charge in [-0.1, -0.05) is 12.2 Å². The van der Waals surface area contributed by atoms with Gasteiger partial charge in [0.1, 0.15) is 5.82 Å². The second kappa shape index (κ2) is 6.98. The first kappa shape index (κ1) is 17.5. The largest absolute Gasteiger partial charge is 0.335 e. The molecule has 0 bridgehead atoms. The van der Waals surface area contributed by atoms with E-state index in [1.165, 1.54) is 0 Å². The average molecular weight is 365 g/mol. The number of fused-ring (bicyclic) bond motifs is 1. The number of amides is 2. The molecule has 0 radical (unpaired) electrons. The fourth-order valence-electron chi connectivity index (χ4n) is 3.70. The first-order valence-electron chi connectivity index (χ1n) is 9.24. The molecule has 7 nitrogen and oxygen atoms in total. The molecule has 2 aliphatic heterocycles. The molecule has 27 heavy (non-hydrogen) atoms. The van der Waals surface area contributed by atoms with Gasteiger partial charge in [0.2, 0.25) is 5.91 Å². The summed E-state index contributed by atoms with van der Waals surface area (Å²) in [6.07, 6.45) is 9.59. The minimum atomic E-state index is -0.149. The SMILES string of the molecule is Cc1cncc(C(=O)N2CCn3cc(CC(=O)N4CC=CC4)nc3[C@H]2C)c1. The van der Waals surface area contributed by atoms with E-state index in [2.05, 4.69) is 14.5 Å². The number of rotatable bonds is 3. The maximum Gasteiger partial charge on any atom is 0.256 e. The third-order valence-corrected chi connectivity index (χ3v) is 5.17. The lowest BCUT2D eigenvalue weighted by molar-refractivity contribution is -0.129. The van der Waals surface area contributed by atoms with Crippen LogP contribution in [-0.2, 0) is 17.8 Å². The van der Waals surface area contributed by atoms with E-state index in [4.69, 9.17) is 0 Å². The van der Waals surface area contributed by atoms with Crippen LogP contribution in [0.4, 0.5) is 0 Å². The Kier molecular flexibility index (Phi) is 4.51. The quantitative estimate of drug-likeness (QED) is 0.777. The maximum absolute atomic E-state index is 12.9. The fourth-order valence-corrected chi connectivity index (χ4v) is 3.70. The Morgan fingerprint density at radius 3 is 2.70 bits per heavy atom. The van der Waals surface area contributed by atoms with Crippen LogP contribution in [0.3, 0.4) is 0 Å². The summed E-state index contributed by atoms with van der Waals surface area (Å²) in [5, 5.41) is 0. The Balaban J connectivity index is 1.50. The average Bonchev–Trinajstić information content (AvgIpc) is 3.31. The van der Waals surface area contributed by atoms with Crippen molar-refractivity contribution in [1.82, 2.24) is 24.3 Å². The standard InChI is InChI=1S/C20H23N5O2/c1-14-9-16(12-21-11-14)20(27)25-8-7-24-13-17(22-19(24)15(25)2)10-18(26)23-5-3-4-6-23/h3-4,9,11-13,15H,5-8,10H2,1-2H3/t15-/m1/s1. The Morgan fingerprint density at radius 1 is 1.19 bits per heavy atom. The molecule has 2 amide bonds. The maximum atomic E-state index is 12.9. The van der Waals surface area contributed by atoms with Crippen molar-refractivity contribution in [2.24, 2.45) is 0 Å². The van der Waals surface area contributed by atoms with Crippen molar-refractivity contribution in [2.75, 3.05) is 19.6 Å². The summed E-state index contributed by atoms with van der Waals surface area (Å²) in [5.74, 6) is 0.883. The smallest absolute Gasteiger partial charge is 0.256 e. The molecule has 1 atom stereocenters. The van der Waals surface area contributed by atoms with Crippen LogP contribution in [0.25, 0.3) is 0 Å².